The Hall–Kier alpha value is -2.62. The molecule has 0 unspecified atom stereocenters. The average Bonchev–Trinajstić information content (AvgIpc) is 2.98. The Morgan fingerprint density at radius 3 is 2.65 bits per heavy atom. The lowest BCUT2D eigenvalue weighted by Gasteiger charge is -2.02. The third-order valence-electron chi connectivity index (χ3n) is 3.24. The van der Waals surface area contributed by atoms with Crippen molar-refractivity contribution in [2.45, 2.75) is 13.3 Å². The van der Waals surface area contributed by atoms with Gasteiger partial charge in [-0.05, 0) is 48.4 Å². The third kappa shape index (κ3) is 2.40. The third-order valence-corrected chi connectivity index (χ3v) is 3.24. The molecule has 0 fully saturated rings. The van der Waals surface area contributed by atoms with E-state index < -0.39 is 0 Å². The Kier molecular flexibility index (Phi) is 3.21. The summed E-state index contributed by atoms with van der Waals surface area (Å²) in [5.41, 5.74) is 3.98. The lowest BCUT2D eigenvalue weighted by Crippen LogP contribution is -1.95. The first-order valence-corrected chi connectivity index (χ1v) is 6.57. The monoisotopic (exact) mass is 265 g/mol. The molecule has 1 N–H and O–H groups in total. The van der Waals surface area contributed by atoms with E-state index >= 15 is 0 Å². The molecule has 0 amide bonds. The van der Waals surface area contributed by atoms with Crippen LogP contribution < -0.4 is 0 Å². The van der Waals surface area contributed by atoms with Crippen LogP contribution in [0.4, 0.5) is 0 Å². The van der Waals surface area contributed by atoms with Gasteiger partial charge in [-0.2, -0.15) is 0 Å². The van der Waals surface area contributed by atoms with Gasteiger partial charge in [0, 0.05) is 5.56 Å². The van der Waals surface area contributed by atoms with Crippen molar-refractivity contribution in [3.05, 3.63) is 60.3 Å². The van der Waals surface area contributed by atoms with Crippen molar-refractivity contribution in [2.24, 2.45) is 0 Å². The number of phenols is 1. The van der Waals surface area contributed by atoms with E-state index in [-0.39, 0.29) is 5.75 Å². The van der Waals surface area contributed by atoms with Crippen LogP contribution in [-0.4, -0.2) is 20.1 Å². The van der Waals surface area contributed by atoms with Gasteiger partial charge < -0.3 is 5.11 Å². The molecule has 4 heteroatoms. The summed E-state index contributed by atoms with van der Waals surface area (Å²) < 4.78 is 1.77. The zero-order valence-electron chi connectivity index (χ0n) is 11.2. The molecule has 0 aliphatic carbocycles. The van der Waals surface area contributed by atoms with E-state index in [4.69, 9.17) is 0 Å². The number of aryl methyl sites for hydroxylation is 1. The van der Waals surface area contributed by atoms with E-state index in [1.165, 1.54) is 5.56 Å². The van der Waals surface area contributed by atoms with Gasteiger partial charge in [0.05, 0.1) is 11.9 Å². The number of phenolic OH excluding ortho intramolecular Hbond substituents is 1. The van der Waals surface area contributed by atoms with Crippen molar-refractivity contribution in [1.29, 1.82) is 0 Å². The van der Waals surface area contributed by atoms with Gasteiger partial charge in [0.25, 0.3) is 0 Å². The van der Waals surface area contributed by atoms with Gasteiger partial charge in [0.1, 0.15) is 11.4 Å². The predicted molar refractivity (Wildman–Crippen MR) is 77.8 cm³/mol. The van der Waals surface area contributed by atoms with Gasteiger partial charge in [-0.15, -0.1) is 5.10 Å². The standard InChI is InChI=1S/C16H15N3O/c1-2-12-4-3-5-14(10-12)19-11-16(17-18-19)13-6-8-15(20)9-7-13/h3-11,20H,2H2,1H3. The fourth-order valence-corrected chi connectivity index (χ4v) is 2.07. The maximum absolute atomic E-state index is 9.30. The summed E-state index contributed by atoms with van der Waals surface area (Å²) in [5, 5.41) is 17.6. The van der Waals surface area contributed by atoms with Gasteiger partial charge in [-0.1, -0.05) is 24.3 Å². The topological polar surface area (TPSA) is 50.9 Å². The highest BCUT2D eigenvalue weighted by Crippen LogP contribution is 2.20. The van der Waals surface area contributed by atoms with Crippen LogP contribution in [0.15, 0.2) is 54.7 Å². The number of rotatable bonds is 3. The Morgan fingerprint density at radius 1 is 1.10 bits per heavy atom. The van der Waals surface area contributed by atoms with Crippen LogP contribution in [0.3, 0.4) is 0 Å². The number of aromatic hydroxyl groups is 1. The van der Waals surface area contributed by atoms with Crippen molar-refractivity contribution in [2.75, 3.05) is 0 Å². The molecule has 0 spiro atoms. The number of hydrogen-bond donors (Lipinski definition) is 1. The van der Waals surface area contributed by atoms with Crippen molar-refractivity contribution in [3.63, 3.8) is 0 Å². The molecule has 1 aromatic heterocycles. The van der Waals surface area contributed by atoms with Crippen LogP contribution in [0.1, 0.15) is 12.5 Å². The fourth-order valence-electron chi connectivity index (χ4n) is 2.07. The van der Waals surface area contributed by atoms with Crippen LogP contribution in [0.2, 0.25) is 0 Å². The van der Waals surface area contributed by atoms with Crippen molar-refractivity contribution in [3.8, 4) is 22.7 Å². The van der Waals surface area contributed by atoms with Crippen molar-refractivity contribution >= 4 is 0 Å². The highest BCUT2D eigenvalue weighted by atomic mass is 16.3. The number of benzene rings is 2. The number of nitrogens with zero attached hydrogens (tertiary/aromatic N) is 3. The minimum atomic E-state index is 0.247. The quantitative estimate of drug-likeness (QED) is 0.791. The summed E-state index contributed by atoms with van der Waals surface area (Å²) >= 11 is 0. The second-order valence-electron chi connectivity index (χ2n) is 4.62. The first-order chi connectivity index (χ1) is 9.76. The Morgan fingerprint density at radius 2 is 1.90 bits per heavy atom. The zero-order valence-corrected chi connectivity index (χ0v) is 11.2. The Labute approximate surface area is 117 Å². The molecule has 0 aliphatic heterocycles. The molecule has 0 radical (unpaired) electrons. The zero-order chi connectivity index (χ0) is 13.9. The van der Waals surface area contributed by atoms with Crippen molar-refractivity contribution in [1.82, 2.24) is 15.0 Å². The molecule has 4 nitrogen and oxygen atoms in total. The molecule has 20 heavy (non-hydrogen) atoms. The van der Waals surface area contributed by atoms with Crippen LogP contribution >= 0.6 is 0 Å². The lowest BCUT2D eigenvalue weighted by atomic mass is 10.1. The molecule has 0 saturated carbocycles. The molecule has 3 rings (SSSR count). The molecular formula is C16H15N3O. The summed E-state index contributed by atoms with van der Waals surface area (Å²) in [6.07, 6.45) is 2.88. The molecule has 100 valence electrons. The van der Waals surface area contributed by atoms with Crippen molar-refractivity contribution < 1.29 is 5.11 Å². The van der Waals surface area contributed by atoms with Crippen LogP contribution in [-0.2, 0) is 6.42 Å². The SMILES string of the molecule is CCc1cccc(-n2cc(-c3ccc(O)cc3)nn2)c1. The summed E-state index contributed by atoms with van der Waals surface area (Å²) in [6, 6.07) is 15.2. The van der Waals surface area contributed by atoms with Gasteiger partial charge in [-0.25, -0.2) is 4.68 Å². The fraction of sp³-hybridized carbons (Fsp3) is 0.125. The van der Waals surface area contributed by atoms with E-state index in [0.29, 0.717) is 0 Å². The smallest absolute Gasteiger partial charge is 0.115 e. The van der Waals surface area contributed by atoms with Gasteiger partial charge in [0.2, 0.25) is 0 Å². The maximum atomic E-state index is 9.30. The van der Waals surface area contributed by atoms with E-state index in [1.54, 1.807) is 16.8 Å². The largest absolute Gasteiger partial charge is 0.508 e. The second-order valence-corrected chi connectivity index (χ2v) is 4.62. The summed E-state index contributed by atoms with van der Waals surface area (Å²) in [7, 11) is 0. The summed E-state index contributed by atoms with van der Waals surface area (Å²) in [4.78, 5) is 0. The van der Waals surface area contributed by atoms with Gasteiger partial charge in [0.15, 0.2) is 0 Å². The molecule has 1 heterocycles. The highest BCUT2D eigenvalue weighted by molar-refractivity contribution is 5.59. The van der Waals surface area contributed by atoms with Crippen LogP contribution in [0, 0.1) is 0 Å². The van der Waals surface area contributed by atoms with Gasteiger partial charge in [-0.3, -0.25) is 0 Å². The summed E-state index contributed by atoms with van der Waals surface area (Å²) in [6.45, 7) is 2.13. The average molecular weight is 265 g/mol. The maximum Gasteiger partial charge on any atom is 0.115 e. The molecular weight excluding hydrogens is 250 g/mol. The van der Waals surface area contributed by atoms with E-state index in [0.717, 1.165) is 23.4 Å². The van der Waals surface area contributed by atoms with E-state index in [2.05, 4.69) is 29.4 Å². The van der Waals surface area contributed by atoms with Crippen LogP contribution in [0.5, 0.6) is 5.75 Å². The first kappa shape index (κ1) is 12.4. The van der Waals surface area contributed by atoms with Gasteiger partial charge >= 0.3 is 0 Å². The molecule has 0 bridgehead atoms. The number of aromatic nitrogens is 3. The predicted octanol–water partition coefficient (Wildman–Crippen LogP) is 3.20. The normalized spacial score (nSPS) is 10.7. The van der Waals surface area contributed by atoms with E-state index in [1.807, 2.05) is 30.5 Å². The second kappa shape index (κ2) is 5.17. The Balaban J connectivity index is 1.95. The highest BCUT2D eigenvalue weighted by Gasteiger charge is 2.05. The van der Waals surface area contributed by atoms with E-state index in [9.17, 15) is 5.11 Å². The first-order valence-electron chi connectivity index (χ1n) is 6.57. The number of hydrogen-bond acceptors (Lipinski definition) is 3. The summed E-state index contributed by atoms with van der Waals surface area (Å²) in [5.74, 6) is 0.247. The van der Waals surface area contributed by atoms with Crippen LogP contribution in [0.25, 0.3) is 16.9 Å². The molecule has 0 saturated heterocycles. The minimum Gasteiger partial charge on any atom is -0.508 e. The lowest BCUT2D eigenvalue weighted by molar-refractivity contribution is 0.475. The minimum absolute atomic E-state index is 0.247. The molecule has 0 aliphatic rings. The molecule has 2 aromatic carbocycles. The Bertz CT molecular complexity index is 717. The molecule has 0 atom stereocenters. The molecule has 3 aromatic rings.